The third-order valence-corrected chi connectivity index (χ3v) is 5.09. The monoisotopic (exact) mass is 358 g/mol. The molecular weight excluding hydrogens is 328 g/mol. The van der Waals surface area contributed by atoms with Gasteiger partial charge in [-0.15, -0.1) is 0 Å². The SMILES string of the molecule is CN=C(NCCc1cccc(C)c1)N1CCN(C(=O)C2CCCO2)CC1. The van der Waals surface area contributed by atoms with Crippen molar-refractivity contribution in [2.75, 3.05) is 46.4 Å². The molecule has 2 fully saturated rings. The number of benzene rings is 1. The third-order valence-electron chi connectivity index (χ3n) is 5.09. The van der Waals surface area contributed by atoms with Gasteiger partial charge in [0.05, 0.1) is 0 Å². The molecule has 0 saturated carbocycles. The van der Waals surface area contributed by atoms with Crippen LogP contribution in [0.25, 0.3) is 0 Å². The van der Waals surface area contributed by atoms with Gasteiger partial charge in [0.15, 0.2) is 5.96 Å². The predicted octanol–water partition coefficient (Wildman–Crippen LogP) is 1.44. The number of hydrogen-bond donors (Lipinski definition) is 1. The van der Waals surface area contributed by atoms with Crippen molar-refractivity contribution in [1.82, 2.24) is 15.1 Å². The van der Waals surface area contributed by atoms with E-state index < -0.39 is 0 Å². The van der Waals surface area contributed by atoms with Crippen LogP contribution in [0, 0.1) is 6.92 Å². The minimum absolute atomic E-state index is 0.157. The summed E-state index contributed by atoms with van der Waals surface area (Å²) in [7, 11) is 1.82. The van der Waals surface area contributed by atoms with Gasteiger partial charge in [-0.25, -0.2) is 0 Å². The second-order valence-electron chi connectivity index (χ2n) is 7.03. The first-order chi connectivity index (χ1) is 12.7. The molecule has 0 bridgehead atoms. The molecule has 142 valence electrons. The Morgan fingerprint density at radius 1 is 1.27 bits per heavy atom. The number of guanidine groups is 1. The minimum Gasteiger partial charge on any atom is -0.368 e. The van der Waals surface area contributed by atoms with Crippen molar-refractivity contribution < 1.29 is 9.53 Å². The van der Waals surface area contributed by atoms with Gasteiger partial charge in [-0.3, -0.25) is 9.79 Å². The molecule has 2 aliphatic heterocycles. The number of hydrogen-bond acceptors (Lipinski definition) is 3. The van der Waals surface area contributed by atoms with E-state index in [9.17, 15) is 4.79 Å². The summed E-state index contributed by atoms with van der Waals surface area (Å²) in [5, 5.41) is 3.45. The Kier molecular flexibility index (Phi) is 6.50. The number of rotatable bonds is 4. The van der Waals surface area contributed by atoms with Crippen molar-refractivity contribution in [3.63, 3.8) is 0 Å². The van der Waals surface area contributed by atoms with Crippen molar-refractivity contribution in [1.29, 1.82) is 0 Å². The van der Waals surface area contributed by atoms with Crippen LogP contribution in [0.4, 0.5) is 0 Å². The number of nitrogens with zero attached hydrogens (tertiary/aromatic N) is 3. The molecule has 0 aromatic heterocycles. The van der Waals surface area contributed by atoms with E-state index in [2.05, 4.69) is 46.4 Å². The topological polar surface area (TPSA) is 57.2 Å². The first-order valence-electron chi connectivity index (χ1n) is 9.59. The fourth-order valence-corrected chi connectivity index (χ4v) is 3.63. The summed E-state index contributed by atoms with van der Waals surface area (Å²) in [4.78, 5) is 21.0. The largest absolute Gasteiger partial charge is 0.368 e. The highest BCUT2D eigenvalue weighted by molar-refractivity contribution is 5.82. The maximum Gasteiger partial charge on any atom is 0.251 e. The molecule has 1 unspecified atom stereocenters. The quantitative estimate of drug-likeness (QED) is 0.654. The molecule has 0 radical (unpaired) electrons. The Balaban J connectivity index is 1.44. The number of nitrogens with one attached hydrogen (secondary N) is 1. The summed E-state index contributed by atoms with van der Waals surface area (Å²) >= 11 is 0. The second kappa shape index (κ2) is 9.03. The maximum atomic E-state index is 12.4. The summed E-state index contributed by atoms with van der Waals surface area (Å²) in [5.74, 6) is 1.08. The molecule has 0 spiro atoms. The first-order valence-corrected chi connectivity index (χ1v) is 9.59. The normalized spacial score (nSPS) is 21.2. The van der Waals surface area contributed by atoms with Gasteiger partial charge in [0, 0.05) is 46.4 Å². The smallest absolute Gasteiger partial charge is 0.251 e. The molecular formula is C20H30N4O2. The van der Waals surface area contributed by atoms with Crippen LogP contribution in [-0.2, 0) is 16.0 Å². The Morgan fingerprint density at radius 2 is 2.04 bits per heavy atom. The lowest BCUT2D eigenvalue weighted by Gasteiger charge is -2.37. The molecule has 1 N–H and O–H groups in total. The molecule has 2 aliphatic rings. The molecule has 1 atom stereocenters. The molecule has 2 heterocycles. The zero-order valence-corrected chi connectivity index (χ0v) is 15.9. The lowest BCUT2D eigenvalue weighted by Crippen LogP contribution is -2.55. The van der Waals surface area contributed by atoms with E-state index in [1.807, 2.05) is 11.9 Å². The molecule has 0 aliphatic carbocycles. The van der Waals surface area contributed by atoms with Gasteiger partial charge in [0.1, 0.15) is 6.10 Å². The van der Waals surface area contributed by atoms with Crippen LogP contribution in [-0.4, -0.2) is 74.1 Å². The molecule has 1 amide bonds. The highest BCUT2D eigenvalue weighted by Gasteiger charge is 2.30. The Hall–Kier alpha value is -2.08. The second-order valence-corrected chi connectivity index (χ2v) is 7.03. The van der Waals surface area contributed by atoms with Crippen molar-refractivity contribution in [2.24, 2.45) is 4.99 Å². The van der Waals surface area contributed by atoms with E-state index in [-0.39, 0.29) is 12.0 Å². The average molecular weight is 358 g/mol. The summed E-state index contributed by atoms with van der Waals surface area (Å²) in [6.45, 7) is 6.77. The van der Waals surface area contributed by atoms with Gasteiger partial charge in [-0.1, -0.05) is 29.8 Å². The molecule has 2 saturated heterocycles. The molecule has 1 aromatic rings. The zero-order chi connectivity index (χ0) is 18.4. The fraction of sp³-hybridized carbons (Fsp3) is 0.600. The van der Waals surface area contributed by atoms with Crippen LogP contribution in [0.3, 0.4) is 0 Å². The average Bonchev–Trinajstić information content (AvgIpc) is 3.20. The number of carbonyl (C=O) groups excluding carboxylic acids is 1. The number of aryl methyl sites for hydroxylation is 1. The fourth-order valence-electron chi connectivity index (χ4n) is 3.63. The number of amides is 1. The van der Waals surface area contributed by atoms with Crippen LogP contribution < -0.4 is 5.32 Å². The zero-order valence-electron chi connectivity index (χ0n) is 15.9. The van der Waals surface area contributed by atoms with Crippen molar-refractivity contribution in [3.05, 3.63) is 35.4 Å². The van der Waals surface area contributed by atoms with Crippen LogP contribution in [0.1, 0.15) is 24.0 Å². The standard InChI is InChI=1S/C20H30N4O2/c1-16-5-3-6-17(15-16)8-9-22-20(21-2)24-12-10-23(11-13-24)19(25)18-7-4-14-26-18/h3,5-6,15,18H,4,7-14H2,1-2H3,(H,21,22). The summed E-state index contributed by atoms with van der Waals surface area (Å²) in [6.07, 6.45) is 2.61. The van der Waals surface area contributed by atoms with Crippen molar-refractivity contribution in [2.45, 2.75) is 32.3 Å². The van der Waals surface area contributed by atoms with Gasteiger partial charge >= 0.3 is 0 Å². The highest BCUT2D eigenvalue weighted by atomic mass is 16.5. The lowest BCUT2D eigenvalue weighted by molar-refractivity contribution is -0.142. The predicted molar refractivity (Wildman–Crippen MR) is 103 cm³/mol. The minimum atomic E-state index is -0.215. The van der Waals surface area contributed by atoms with E-state index in [4.69, 9.17) is 4.74 Å². The van der Waals surface area contributed by atoms with Crippen LogP contribution in [0.5, 0.6) is 0 Å². The summed E-state index contributed by atoms with van der Waals surface area (Å²) in [6, 6.07) is 8.60. The van der Waals surface area contributed by atoms with E-state index >= 15 is 0 Å². The number of ether oxygens (including phenoxy) is 1. The maximum absolute atomic E-state index is 12.4. The van der Waals surface area contributed by atoms with Gasteiger partial charge in [0.2, 0.25) is 0 Å². The van der Waals surface area contributed by atoms with Crippen LogP contribution in [0.15, 0.2) is 29.3 Å². The van der Waals surface area contributed by atoms with E-state index in [0.29, 0.717) is 6.61 Å². The van der Waals surface area contributed by atoms with Gasteiger partial charge in [-0.05, 0) is 31.7 Å². The number of carbonyl (C=O) groups is 1. The van der Waals surface area contributed by atoms with Crippen molar-refractivity contribution >= 4 is 11.9 Å². The molecule has 3 rings (SSSR count). The molecule has 6 heteroatoms. The summed E-state index contributed by atoms with van der Waals surface area (Å²) in [5.41, 5.74) is 2.62. The van der Waals surface area contributed by atoms with E-state index in [1.54, 1.807) is 0 Å². The first kappa shape index (κ1) is 18.7. The van der Waals surface area contributed by atoms with Gasteiger partial charge in [0.25, 0.3) is 5.91 Å². The van der Waals surface area contributed by atoms with E-state index in [0.717, 1.165) is 57.9 Å². The Labute approximate surface area is 156 Å². The molecule has 1 aromatic carbocycles. The van der Waals surface area contributed by atoms with Gasteiger partial charge < -0.3 is 19.9 Å². The molecule has 6 nitrogen and oxygen atoms in total. The van der Waals surface area contributed by atoms with Crippen molar-refractivity contribution in [3.8, 4) is 0 Å². The third kappa shape index (κ3) is 4.75. The number of piperazine rings is 1. The summed E-state index contributed by atoms with van der Waals surface area (Å²) < 4.78 is 5.53. The lowest BCUT2D eigenvalue weighted by atomic mass is 10.1. The Bertz CT molecular complexity index is 632. The highest BCUT2D eigenvalue weighted by Crippen LogP contribution is 2.16. The molecule has 26 heavy (non-hydrogen) atoms. The van der Waals surface area contributed by atoms with E-state index in [1.165, 1.54) is 11.1 Å². The van der Waals surface area contributed by atoms with Crippen LogP contribution >= 0.6 is 0 Å². The Morgan fingerprint density at radius 3 is 2.69 bits per heavy atom. The number of aliphatic imine (C=N–C) groups is 1. The van der Waals surface area contributed by atoms with Gasteiger partial charge in [-0.2, -0.15) is 0 Å². The van der Waals surface area contributed by atoms with Crippen LogP contribution in [0.2, 0.25) is 0 Å².